The molecule has 0 atom stereocenters. The Morgan fingerprint density at radius 3 is 2.52 bits per heavy atom. The van der Waals surface area contributed by atoms with Crippen molar-refractivity contribution in [2.45, 2.75) is 0 Å². The van der Waals surface area contributed by atoms with Crippen LogP contribution in [0.15, 0.2) is 52.6 Å². The number of piperazine rings is 1. The average Bonchev–Trinajstić information content (AvgIpc) is 3.13. The number of benzene rings is 2. The van der Waals surface area contributed by atoms with Gasteiger partial charge in [0.1, 0.15) is 0 Å². The lowest BCUT2D eigenvalue weighted by molar-refractivity contribution is -0.133. The number of oxime groups is 1. The molecule has 29 heavy (non-hydrogen) atoms. The average molecular weight is 433 g/mol. The Hall–Kier alpha value is -2.77. The Labute approximate surface area is 177 Å². The van der Waals surface area contributed by atoms with Gasteiger partial charge in [0.2, 0.25) is 5.90 Å². The van der Waals surface area contributed by atoms with Crippen molar-refractivity contribution in [1.82, 2.24) is 4.90 Å². The number of halogens is 2. The number of anilines is 1. The highest BCUT2D eigenvalue weighted by atomic mass is 35.5. The van der Waals surface area contributed by atoms with Crippen LogP contribution in [-0.4, -0.2) is 60.4 Å². The minimum absolute atomic E-state index is 0.0444. The first kappa shape index (κ1) is 19.5. The van der Waals surface area contributed by atoms with Gasteiger partial charge >= 0.3 is 0 Å². The van der Waals surface area contributed by atoms with Crippen LogP contribution in [0, 0.1) is 0 Å². The molecule has 0 bridgehead atoms. The molecule has 150 valence electrons. The smallest absolute Gasteiger partial charge is 0.260 e. The molecule has 0 aromatic heterocycles. The first-order valence-electron chi connectivity index (χ1n) is 9.08. The molecular formula is C20H18Cl2N4O3. The van der Waals surface area contributed by atoms with E-state index in [1.165, 1.54) is 0 Å². The zero-order chi connectivity index (χ0) is 20.4. The molecule has 2 aliphatic heterocycles. The van der Waals surface area contributed by atoms with Crippen LogP contribution in [0.25, 0.3) is 0 Å². The molecule has 2 heterocycles. The van der Waals surface area contributed by atoms with E-state index in [9.17, 15) is 10.0 Å². The van der Waals surface area contributed by atoms with Crippen LogP contribution in [0.1, 0.15) is 5.56 Å². The summed E-state index contributed by atoms with van der Waals surface area (Å²) in [4.78, 5) is 20.8. The second-order valence-corrected chi connectivity index (χ2v) is 7.40. The van der Waals surface area contributed by atoms with Gasteiger partial charge in [-0.1, -0.05) is 46.6 Å². The van der Waals surface area contributed by atoms with Gasteiger partial charge in [0.15, 0.2) is 12.3 Å². The number of hydrogen-bond acceptors (Lipinski definition) is 6. The van der Waals surface area contributed by atoms with E-state index in [1.54, 1.807) is 17.0 Å². The number of nitrogens with zero attached hydrogens (tertiary/aromatic N) is 4. The topological polar surface area (TPSA) is 77.7 Å². The van der Waals surface area contributed by atoms with E-state index in [0.717, 1.165) is 18.8 Å². The van der Waals surface area contributed by atoms with Gasteiger partial charge in [-0.2, -0.15) is 0 Å². The maximum absolute atomic E-state index is 12.6. The lowest BCUT2D eigenvalue weighted by Gasteiger charge is -2.36. The number of aliphatic imine (C=N–C) groups is 1. The number of rotatable bonds is 3. The van der Waals surface area contributed by atoms with Crippen LogP contribution >= 0.6 is 23.2 Å². The summed E-state index contributed by atoms with van der Waals surface area (Å²) in [7, 11) is 0. The molecular weight excluding hydrogens is 415 g/mol. The molecule has 1 saturated heterocycles. The highest BCUT2D eigenvalue weighted by Crippen LogP contribution is 2.39. The molecule has 0 unspecified atom stereocenters. The lowest BCUT2D eigenvalue weighted by atomic mass is 10.1. The van der Waals surface area contributed by atoms with Crippen LogP contribution in [0.4, 0.5) is 11.4 Å². The first-order valence-corrected chi connectivity index (χ1v) is 9.84. The van der Waals surface area contributed by atoms with Crippen molar-refractivity contribution < 1.29 is 14.7 Å². The fraction of sp³-hybridized carbons (Fsp3) is 0.250. The molecule has 1 fully saturated rings. The van der Waals surface area contributed by atoms with Crippen molar-refractivity contribution in [2.75, 3.05) is 37.7 Å². The standard InChI is InChI=1S/C20H18Cl2N4O3/c21-15-7-6-14-18(17(15)22)23-20(19(14)24-28)29-12-16(27)26-10-8-25(9-11-26)13-4-2-1-3-5-13/h1-7,28H,8-12H2. The molecule has 2 aliphatic rings. The van der Waals surface area contributed by atoms with E-state index in [2.05, 4.69) is 27.2 Å². The van der Waals surface area contributed by atoms with Crippen molar-refractivity contribution in [1.29, 1.82) is 0 Å². The van der Waals surface area contributed by atoms with Gasteiger partial charge < -0.3 is 19.7 Å². The molecule has 1 amide bonds. The third kappa shape index (κ3) is 3.88. The SMILES string of the molecule is O=C(COC1=Nc2c(ccc(Cl)c2Cl)C1=NO)N1CCN(c2ccccc2)CC1. The van der Waals surface area contributed by atoms with E-state index in [4.69, 9.17) is 27.9 Å². The third-order valence-electron chi connectivity index (χ3n) is 4.93. The Morgan fingerprint density at radius 2 is 1.83 bits per heavy atom. The minimum atomic E-state index is -0.206. The Kier molecular flexibility index (Phi) is 5.60. The van der Waals surface area contributed by atoms with E-state index < -0.39 is 0 Å². The normalized spacial score (nSPS) is 17.3. The summed E-state index contributed by atoms with van der Waals surface area (Å²) in [6.45, 7) is 2.50. The number of amides is 1. The van der Waals surface area contributed by atoms with Gasteiger partial charge in [-0.25, -0.2) is 4.99 Å². The van der Waals surface area contributed by atoms with Gasteiger partial charge in [-0.3, -0.25) is 4.79 Å². The second-order valence-electron chi connectivity index (χ2n) is 6.62. The van der Waals surface area contributed by atoms with Crippen LogP contribution in [0.5, 0.6) is 0 Å². The van der Waals surface area contributed by atoms with Crippen LogP contribution in [0.3, 0.4) is 0 Å². The van der Waals surface area contributed by atoms with E-state index in [0.29, 0.717) is 29.4 Å². The Morgan fingerprint density at radius 1 is 1.10 bits per heavy atom. The molecule has 0 spiro atoms. The highest BCUT2D eigenvalue weighted by Gasteiger charge is 2.29. The molecule has 1 N–H and O–H groups in total. The maximum atomic E-state index is 12.6. The summed E-state index contributed by atoms with van der Waals surface area (Å²) in [5.41, 5.74) is 2.14. The maximum Gasteiger partial charge on any atom is 0.260 e. The number of hydrogen-bond donors (Lipinski definition) is 1. The van der Waals surface area contributed by atoms with Crippen LogP contribution < -0.4 is 4.90 Å². The summed E-state index contributed by atoms with van der Waals surface area (Å²) in [6, 6.07) is 13.3. The molecule has 4 rings (SSSR count). The van der Waals surface area contributed by atoms with E-state index in [1.807, 2.05) is 18.2 Å². The van der Waals surface area contributed by atoms with Gasteiger partial charge in [-0.05, 0) is 24.3 Å². The minimum Gasteiger partial charge on any atom is -0.466 e. The van der Waals surface area contributed by atoms with E-state index >= 15 is 0 Å². The molecule has 0 radical (unpaired) electrons. The fourth-order valence-electron chi connectivity index (χ4n) is 3.38. The summed E-state index contributed by atoms with van der Waals surface area (Å²) in [6.07, 6.45) is 0. The molecule has 7 nitrogen and oxygen atoms in total. The summed E-state index contributed by atoms with van der Waals surface area (Å²) in [5.74, 6) is -0.110. The lowest BCUT2D eigenvalue weighted by Crippen LogP contribution is -2.50. The van der Waals surface area contributed by atoms with Crippen molar-refractivity contribution in [3.63, 3.8) is 0 Å². The predicted octanol–water partition coefficient (Wildman–Crippen LogP) is 3.58. The summed E-state index contributed by atoms with van der Waals surface area (Å²) < 4.78 is 5.56. The third-order valence-corrected chi connectivity index (χ3v) is 5.72. The Bertz CT molecular complexity index is 987. The van der Waals surface area contributed by atoms with Crippen molar-refractivity contribution in [2.24, 2.45) is 10.1 Å². The zero-order valence-corrected chi connectivity index (χ0v) is 16.9. The number of fused-ring (bicyclic) bond motifs is 1. The van der Waals surface area contributed by atoms with Crippen molar-refractivity contribution in [3.8, 4) is 0 Å². The number of ether oxygens (including phenoxy) is 1. The Balaban J connectivity index is 1.36. The summed E-state index contributed by atoms with van der Waals surface area (Å²) in [5, 5.41) is 13.2. The van der Waals surface area contributed by atoms with E-state index in [-0.39, 0.29) is 29.1 Å². The van der Waals surface area contributed by atoms with Gasteiger partial charge in [-0.15, -0.1) is 0 Å². The van der Waals surface area contributed by atoms with Gasteiger partial charge in [0.05, 0.1) is 15.7 Å². The quantitative estimate of drug-likeness (QED) is 0.593. The number of carbonyl (C=O) groups excluding carboxylic acids is 1. The summed E-state index contributed by atoms with van der Waals surface area (Å²) >= 11 is 12.2. The van der Waals surface area contributed by atoms with Gasteiger partial charge in [0, 0.05) is 37.4 Å². The molecule has 0 aliphatic carbocycles. The molecule has 9 heteroatoms. The predicted molar refractivity (Wildman–Crippen MR) is 113 cm³/mol. The number of carbonyl (C=O) groups is 1. The van der Waals surface area contributed by atoms with Crippen molar-refractivity contribution in [3.05, 3.63) is 58.1 Å². The van der Waals surface area contributed by atoms with Crippen molar-refractivity contribution >= 4 is 52.1 Å². The molecule has 0 saturated carbocycles. The monoisotopic (exact) mass is 432 g/mol. The largest absolute Gasteiger partial charge is 0.466 e. The number of para-hydroxylation sites is 1. The van der Waals surface area contributed by atoms with Crippen LogP contribution in [-0.2, 0) is 9.53 Å². The van der Waals surface area contributed by atoms with Gasteiger partial charge in [0.25, 0.3) is 5.91 Å². The fourth-order valence-corrected chi connectivity index (χ4v) is 3.74. The molecule has 2 aromatic carbocycles. The van der Waals surface area contributed by atoms with Crippen LogP contribution in [0.2, 0.25) is 10.0 Å². The molecule has 2 aromatic rings. The first-order chi connectivity index (χ1) is 14.1. The second kappa shape index (κ2) is 8.31. The highest BCUT2D eigenvalue weighted by molar-refractivity contribution is 6.52. The zero-order valence-electron chi connectivity index (χ0n) is 15.4.